The van der Waals surface area contributed by atoms with Gasteiger partial charge in [-0.2, -0.15) is 0 Å². The highest BCUT2D eigenvalue weighted by Gasteiger charge is 1.95. The first kappa shape index (κ1) is 13.0. The zero-order valence-electron chi connectivity index (χ0n) is 10.00. The first-order valence-electron chi connectivity index (χ1n) is 5.37. The Balaban J connectivity index is 3.07. The van der Waals surface area contributed by atoms with E-state index in [4.69, 9.17) is 0 Å². The number of hydrogen-bond acceptors (Lipinski definition) is 0. The topological polar surface area (TPSA) is 0 Å². The maximum Gasteiger partial charge on any atom is -0.00802 e. The largest absolute Gasteiger partial charge is 0.0870 e. The third kappa shape index (κ3) is 4.19. The summed E-state index contributed by atoms with van der Waals surface area (Å²) in [5, 5.41) is 0. The van der Waals surface area contributed by atoms with Gasteiger partial charge in [-0.25, -0.2) is 0 Å². The van der Waals surface area contributed by atoms with Gasteiger partial charge in [0.05, 0.1) is 0 Å². The highest BCUT2D eigenvalue weighted by atomic mass is 79.9. The van der Waals surface area contributed by atoms with E-state index in [9.17, 15) is 0 Å². The minimum atomic E-state index is 1.13. The van der Waals surface area contributed by atoms with Crippen LogP contribution in [0.1, 0.15) is 25.0 Å². The molecule has 84 valence electrons. The SMILES string of the molecule is C\C=C/C(=C\C=C(/C)Br)c1ccc(C)cc1. The van der Waals surface area contributed by atoms with Gasteiger partial charge in [-0.1, -0.05) is 70.1 Å². The van der Waals surface area contributed by atoms with Gasteiger partial charge in [0, 0.05) is 0 Å². The molecule has 1 aromatic carbocycles. The summed E-state index contributed by atoms with van der Waals surface area (Å²) >= 11 is 3.43. The molecule has 0 nitrogen and oxygen atoms in total. The molecule has 0 saturated carbocycles. The molecule has 1 heteroatoms. The molecular formula is C15H17Br. The van der Waals surface area contributed by atoms with E-state index in [2.05, 4.69) is 71.4 Å². The van der Waals surface area contributed by atoms with Crippen molar-refractivity contribution in [3.8, 4) is 0 Å². The van der Waals surface area contributed by atoms with Gasteiger partial charge >= 0.3 is 0 Å². The van der Waals surface area contributed by atoms with Gasteiger partial charge in [0.1, 0.15) is 0 Å². The summed E-state index contributed by atoms with van der Waals surface area (Å²) in [6.45, 7) is 6.16. The molecule has 0 aliphatic carbocycles. The number of benzene rings is 1. The van der Waals surface area contributed by atoms with E-state index in [1.54, 1.807) is 0 Å². The standard InChI is InChI=1S/C15H17Br/c1-4-5-14(11-8-13(3)16)15-9-6-12(2)7-10-15/h4-11H,1-3H3/b5-4-,13-8+,14-11+. The van der Waals surface area contributed by atoms with Crippen LogP contribution in [0.3, 0.4) is 0 Å². The number of allylic oxidation sites excluding steroid dienone is 6. The number of rotatable bonds is 3. The van der Waals surface area contributed by atoms with Crippen LogP contribution in [-0.2, 0) is 0 Å². The van der Waals surface area contributed by atoms with E-state index in [1.165, 1.54) is 16.7 Å². The molecule has 1 aromatic rings. The highest BCUT2D eigenvalue weighted by molar-refractivity contribution is 9.11. The Hall–Kier alpha value is -1.08. The lowest BCUT2D eigenvalue weighted by Crippen LogP contribution is -1.81. The second-order valence-corrected chi connectivity index (χ2v) is 4.99. The summed E-state index contributed by atoms with van der Waals surface area (Å²) in [6.07, 6.45) is 8.37. The van der Waals surface area contributed by atoms with Crippen molar-refractivity contribution in [1.29, 1.82) is 0 Å². The van der Waals surface area contributed by atoms with Crippen LogP contribution in [0, 0.1) is 6.92 Å². The van der Waals surface area contributed by atoms with Crippen molar-refractivity contribution in [3.05, 3.63) is 64.2 Å². The molecule has 0 radical (unpaired) electrons. The number of halogens is 1. The van der Waals surface area contributed by atoms with Crippen LogP contribution in [0.15, 0.2) is 53.1 Å². The normalized spacial score (nSPS) is 13.5. The first-order chi connectivity index (χ1) is 7.63. The summed E-state index contributed by atoms with van der Waals surface area (Å²) in [5.41, 5.74) is 3.76. The van der Waals surface area contributed by atoms with Crippen LogP contribution in [0.4, 0.5) is 0 Å². The minimum Gasteiger partial charge on any atom is -0.0870 e. The van der Waals surface area contributed by atoms with Crippen molar-refractivity contribution >= 4 is 21.5 Å². The Morgan fingerprint density at radius 1 is 1.12 bits per heavy atom. The summed E-state index contributed by atoms with van der Waals surface area (Å²) in [6, 6.07) is 8.58. The van der Waals surface area contributed by atoms with Crippen LogP contribution in [0.5, 0.6) is 0 Å². The summed E-state index contributed by atoms with van der Waals surface area (Å²) in [5.74, 6) is 0. The van der Waals surface area contributed by atoms with Gasteiger partial charge in [-0.05, 0) is 36.4 Å². The summed E-state index contributed by atoms with van der Waals surface area (Å²) < 4.78 is 1.13. The van der Waals surface area contributed by atoms with E-state index in [1.807, 2.05) is 13.8 Å². The molecule has 0 unspecified atom stereocenters. The van der Waals surface area contributed by atoms with E-state index in [0.717, 1.165) is 4.48 Å². The zero-order chi connectivity index (χ0) is 12.0. The fraction of sp³-hybridized carbons (Fsp3) is 0.200. The van der Waals surface area contributed by atoms with Crippen molar-refractivity contribution in [2.24, 2.45) is 0 Å². The Bertz CT molecular complexity index is 415. The zero-order valence-corrected chi connectivity index (χ0v) is 11.6. The van der Waals surface area contributed by atoms with Gasteiger partial charge in [-0.15, -0.1) is 0 Å². The molecule has 0 atom stereocenters. The molecule has 0 aromatic heterocycles. The van der Waals surface area contributed by atoms with Crippen LogP contribution >= 0.6 is 15.9 Å². The fourth-order valence-corrected chi connectivity index (χ4v) is 1.51. The van der Waals surface area contributed by atoms with Gasteiger partial charge in [0.2, 0.25) is 0 Å². The van der Waals surface area contributed by atoms with Crippen LogP contribution < -0.4 is 0 Å². The Morgan fingerprint density at radius 3 is 2.25 bits per heavy atom. The van der Waals surface area contributed by atoms with Crippen molar-refractivity contribution < 1.29 is 0 Å². The molecule has 16 heavy (non-hydrogen) atoms. The third-order valence-electron chi connectivity index (χ3n) is 2.22. The lowest BCUT2D eigenvalue weighted by molar-refractivity contribution is 1.45. The smallest absolute Gasteiger partial charge is 0.00802 e. The van der Waals surface area contributed by atoms with Crippen molar-refractivity contribution in [2.45, 2.75) is 20.8 Å². The molecule has 0 amide bonds. The number of hydrogen-bond donors (Lipinski definition) is 0. The molecular weight excluding hydrogens is 260 g/mol. The maximum atomic E-state index is 3.43. The van der Waals surface area contributed by atoms with Gasteiger partial charge in [0.15, 0.2) is 0 Å². The molecule has 1 rings (SSSR count). The molecule has 0 heterocycles. The predicted octanol–water partition coefficient (Wildman–Crippen LogP) is 5.25. The van der Waals surface area contributed by atoms with Crippen LogP contribution in [0.2, 0.25) is 0 Å². The molecule has 0 saturated heterocycles. The van der Waals surface area contributed by atoms with Crippen molar-refractivity contribution in [3.63, 3.8) is 0 Å². The van der Waals surface area contributed by atoms with E-state index in [-0.39, 0.29) is 0 Å². The lowest BCUT2D eigenvalue weighted by Gasteiger charge is -2.02. The van der Waals surface area contributed by atoms with Crippen molar-refractivity contribution in [1.82, 2.24) is 0 Å². The molecule has 0 aliphatic heterocycles. The Kier molecular flexibility index (Phi) is 5.27. The van der Waals surface area contributed by atoms with Gasteiger partial charge in [0.25, 0.3) is 0 Å². The summed E-state index contributed by atoms with van der Waals surface area (Å²) in [4.78, 5) is 0. The van der Waals surface area contributed by atoms with E-state index >= 15 is 0 Å². The van der Waals surface area contributed by atoms with Crippen molar-refractivity contribution in [2.75, 3.05) is 0 Å². The average Bonchev–Trinajstić information content (AvgIpc) is 2.25. The highest BCUT2D eigenvalue weighted by Crippen LogP contribution is 2.18. The number of aryl methyl sites for hydroxylation is 1. The molecule has 0 aliphatic rings. The van der Waals surface area contributed by atoms with Crippen LogP contribution in [0.25, 0.3) is 5.57 Å². The second kappa shape index (κ2) is 6.49. The van der Waals surface area contributed by atoms with Crippen LogP contribution in [-0.4, -0.2) is 0 Å². The maximum absolute atomic E-state index is 3.43. The van der Waals surface area contributed by atoms with Gasteiger partial charge in [-0.3, -0.25) is 0 Å². The monoisotopic (exact) mass is 276 g/mol. The lowest BCUT2D eigenvalue weighted by atomic mass is 10.0. The fourth-order valence-electron chi connectivity index (χ4n) is 1.38. The first-order valence-corrected chi connectivity index (χ1v) is 6.16. The van der Waals surface area contributed by atoms with E-state index in [0.29, 0.717) is 0 Å². The quantitative estimate of drug-likeness (QED) is 0.662. The second-order valence-electron chi connectivity index (χ2n) is 3.74. The van der Waals surface area contributed by atoms with E-state index < -0.39 is 0 Å². The minimum absolute atomic E-state index is 1.13. The Labute approximate surface area is 107 Å². The average molecular weight is 277 g/mol. The van der Waals surface area contributed by atoms with Gasteiger partial charge < -0.3 is 0 Å². The predicted molar refractivity (Wildman–Crippen MR) is 76.7 cm³/mol. The molecule has 0 bridgehead atoms. The molecule has 0 spiro atoms. The molecule has 0 fully saturated rings. The third-order valence-corrected chi connectivity index (χ3v) is 2.49. The molecule has 0 N–H and O–H groups in total. The summed E-state index contributed by atoms with van der Waals surface area (Å²) in [7, 11) is 0. The Morgan fingerprint density at radius 2 is 1.75 bits per heavy atom.